The van der Waals surface area contributed by atoms with Gasteiger partial charge in [-0.1, -0.05) is 0 Å². The van der Waals surface area contributed by atoms with Crippen LogP contribution in [0.25, 0.3) is 0 Å². The number of Topliss-reactive ketones (excluding diaryl/α,β-unsaturated/α-hetero) is 1. The minimum atomic E-state index is -0.901. The third-order valence-electron chi connectivity index (χ3n) is 3.68. The molecule has 0 aliphatic carbocycles. The molecule has 2 amide bonds. The van der Waals surface area contributed by atoms with Gasteiger partial charge in [0, 0.05) is 24.8 Å². The fourth-order valence-electron chi connectivity index (χ4n) is 2.17. The summed E-state index contributed by atoms with van der Waals surface area (Å²) in [6, 6.07) is 2.74. The molecule has 7 nitrogen and oxygen atoms in total. The standard InChI is InChI=1S/C14H17N3O4/c1-9(18)10-3-4-11(15-7-10)16-13(21)17-6-5-14(2,8-17)12(19)20/h3-4,7H,5-6,8H2,1-2H3,(H,19,20)(H,15,16,21). The number of carbonyl (C=O) groups is 3. The maximum atomic E-state index is 12.1. The van der Waals surface area contributed by atoms with Crippen LogP contribution in [0.2, 0.25) is 0 Å². The number of carboxylic acids is 1. The SMILES string of the molecule is CC(=O)c1ccc(NC(=O)N2CCC(C)(C(=O)O)C2)nc1. The van der Waals surface area contributed by atoms with E-state index in [2.05, 4.69) is 10.3 Å². The van der Waals surface area contributed by atoms with E-state index in [9.17, 15) is 14.4 Å². The molecule has 1 saturated heterocycles. The molecule has 21 heavy (non-hydrogen) atoms. The van der Waals surface area contributed by atoms with E-state index in [-0.39, 0.29) is 18.4 Å². The van der Waals surface area contributed by atoms with Gasteiger partial charge in [-0.3, -0.25) is 14.9 Å². The van der Waals surface area contributed by atoms with Crippen molar-refractivity contribution >= 4 is 23.6 Å². The molecule has 1 aliphatic heterocycles. The second-order valence-electron chi connectivity index (χ2n) is 5.46. The second kappa shape index (κ2) is 5.51. The Morgan fingerprint density at radius 2 is 2.10 bits per heavy atom. The molecule has 1 unspecified atom stereocenters. The normalized spacial score (nSPS) is 21.1. The van der Waals surface area contributed by atoms with Crippen molar-refractivity contribution < 1.29 is 19.5 Å². The molecule has 1 aromatic rings. The van der Waals surface area contributed by atoms with Crippen LogP contribution in [-0.2, 0) is 4.79 Å². The summed E-state index contributed by atoms with van der Waals surface area (Å²) in [5.41, 5.74) is -0.434. The summed E-state index contributed by atoms with van der Waals surface area (Å²) in [5, 5.41) is 11.7. The highest BCUT2D eigenvalue weighted by atomic mass is 16.4. The molecule has 1 fully saturated rings. The lowest BCUT2D eigenvalue weighted by Crippen LogP contribution is -2.37. The van der Waals surface area contributed by atoms with E-state index in [0.717, 1.165) is 0 Å². The smallest absolute Gasteiger partial charge is 0.323 e. The van der Waals surface area contributed by atoms with E-state index in [1.807, 2.05) is 0 Å². The summed E-state index contributed by atoms with van der Waals surface area (Å²) in [6.45, 7) is 3.62. The van der Waals surface area contributed by atoms with Crippen LogP contribution in [0.1, 0.15) is 30.6 Å². The number of anilines is 1. The average Bonchev–Trinajstić information content (AvgIpc) is 2.83. The molecule has 1 aliphatic rings. The van der Waals surface area contributed by atoms with E-state index < -0.39 is 11.4 Å². The number of hydrogen-bond acceptors (Lipinski definition) is 4. The largest absolute Gasteiger partial charge is 0.481 e. The number of hydrogen-bond donors (Lipinski definition) is 2. The number of urea groups is 1. The number of carboxylic acid groups (broad SMARTS) is 1. The van der Waals surface area contributed by atoms with Gasteiger partial charge in [-0.05, 0) is 32.4 Å². The summed E-state index contributed by atoms with van der Waals surface area (Å²) in [4.78, 5) is 39.8. The molecule has 0 radical (unpaired) electrons. The van der Waals surface area contributed by atoms with Gasteiger partial charge in [-0.15, -0.1) is 0 Å². The number of nitrogens with one attached hydrogen (secondary N) is 1. The highest BCUT2D eigenvalue weighted by Gasteiger charge is 2.42. The first-order valence-electron chi connectivity index (χ1n) is 6.58. The molecule has 0 spiro atoms. The molecule has 0 aromatic carbocycles. The van der Waals surface area contributed by atoms with Crippen molar-refractivity contribution in [3.63, 3.8) is 0 Å². The number of ketones is 1. The quantitative estimate of drug-likeness (QED) is 0.824. The minimum Gasteiger partial charge on any atom is -0.481 e. The van der Waals surface area contributed by atoms with Crippen LogP contribution in [0.3, 0.4) is 0 Å². The third-order valence-corrected chi connectivity index (χ3v) is 3.68. The first-order valence-corrected chi connectivity index (χ1v) is 6.58. The zero-order valence-corrected chi connectivity index (χ0v) is 11.9. The number of rotatable bonds is 3. The monoisotopic (exact) mass is 291 g/mol. The van der Waals surface area contributed by atoms with Gasteiger partial charge in [-0.25, -0.2) is 9.78 Å². The maximum absolute atomic E-state index is 12.1. The summed E-state index contributed by atoms with van der Waals surface area (Å²) in [7, 11) is 0. The zero-order chi connectivity index (χ0) is 15.6. The number of pyridine rings is 1. The van der Waals surface area contributed by atoms with Crippen molar-refractivity contribution in [3.8, 4) is 0 Å². The van der Waals surface area contributed by atoms with Gasteiger partial charge in [0.1, 0.15) is 5.82 Å². The topological polar surface area (TPSA) is 99.6 Å². The lowest BCUT2D eigenvalue weighted by Gasteiger charge is -2.20. The van der Waals surface area contributed by atoms with Gasteiger partial charge < -0.3 is 10.0 Å². The van der Waals surface area contributed by atoms with Crippen LogP contribution in [0.15, 0.2) is 18.3 Å². The molecule has 2 rings (SSSR count). The number of nitrogens with zero attached hydrogens (tertiary/aromatic N) is 2. The molecular weight excluding hydrogens is 274 g/mol. The van der Waals surface area contributed by atoms with Crippen LogP contribution in [0, 0.1) is 5.41 Å². The highest BCUT2D eigenvalue weighted by molar-refractivity contribution is 5.94. The van der Waals surface area contributed by atoms with Gasteiger partial charge >= 0.3 is 12.0 Å². The minimum absolute atomic E-state index is 0.0999. The number of likely N-dealkylation sites (tertiary alicyclic amines) is 1. The average molecular weight is 291 g/mol. The van der Waals surface area contributed by atoms with Gasteiger partial charge in [0.05, 0.1) is 5.41 Å². The summed E-state index contributed by atoms with van der Waals surface area (Å²) in [6.07, 6.45) is 1.82. The second-order valence-corrected chi connectivity index (χ2v) is 5.46. The molecule has 1 aromatic heterocycles. The lowest BCUT2D eigenvalue weighted by atomic mass is 9.90. The number of aliphatic carboxylic acids is 1. The van der Waals surface area contributed by atoms with Crippen molar-refractivity contribution in [1.29, 1.82) is 0 Å². The fraction of sp³-hybridized carbons (Fsp3) is 0.429. The summed E-state index contributed by atoms with van der Waals surface area (Å²) < 4.78 is 0. The third kappa shape index (κ3) is 3.18. The Hall–Kier alpha value is -2.44. The number of aromatic nitrogens is 1. The lowest BCUT2D eigenvalue weighted by molar-refractivity contribution is -0.146. The molecule has 0 bridgehead atoms. The van der Waals surface area contributed by atoms with Crippen LogP contribution in [0.5, 0.6) is 0 Å². The first kappa shape index (κ1) is 15.0. The van der Waals surface area contributed by atoms with Gasteiger partial charge in [0.2, 0.25) is 0 Å². The first-order chi connectivity index (χ1) is 9.82. The van der Waals surface area contributed by atoms with E-state index in [4.69, 9.17) is 5.11 Å². The Balaban J connectivity index is 1.99. The molecule has 2 N–H and O–H groups in total. The van der Waals surface area contributed by atoms with E-state index in [0.29, 0.717) is 24.3 Å². The Morgan fingerprint density at radius 3 is 2.57 bits per heavy atom. The number of amides is 2. The predicted molar refractivity (Wildman–Crippen MR) is 75.2 cm³/mol. The molecule has 0 saturated carbocycles. The van der Waals surface area contributed by atoms with E-state index in [1.165, 1.54) is 18.0 Å². The van der Waals surface area contributed by atoms with Crippen molar-refractivity contribution in [2.24, 2.45) is 5.41 Å². The van der Waals surface area contributed by atoms with Crippen LogP contribution < -0.4 is 5.32 Å². The molecular formula is C14H17N3O4. The summed E-state index contributed by atoms with van der Waals surface area (Å²) >= 11 is 0. The Bertz CT molecular complexity index is 584. The zero-order valence-electron chi connectivity index (χ0n) is 11.9. The Kier molecular flexibility index (Phi) is 3.93. The van der Waals surface area contributed by atoms with E-state index >= 15 is 0 Å². The predicted octanol–water partition coefficient (Wildman–Crippen LogP) is 1.61. The van der Waals surface area contributed by atoms with Crippen molar-refractivity contribution in [2.45, 2.75) is 20.3 Å². The molecule has 2 heterocycles. The highest BCUT2D eigenvalue weighted by Crippen LogP contribution is 2.30. The Morgan fingerprint density at radius 1 is 1.38 bits per heavy atom. The van der Waals surface area contributed by atoms with Crippen molar-refractivity contribution in [3.05, 3.63) is 23.9 Å². The number of carbonyl (C=O) groups excluding carboxylic acids is 2. The van der Waals surface area contributed by atoms with Gasteiger partial charge in [-0.2, -0.15) is 0 Å². The fourth-order valence-corrected chi connectivity index (χ4v) is 2.17. The van der Waals surface area contributed by atoms with Crippen molar-refractivity contribution in [1.82, 2.24) is 9.88 Å². The van der Waals surface area contributed by atoms with Crippen LogP contribution >= 0.6 is 0 Å². The van der Waals surface area contributed by atoms with Gasteiger partial charge in [0.25, 0.3) is 0 Å². The maximum Gasteiger partial charge on any atom is 0.323 e. The molecule has 1 atom stereocenters. The summed E-state index contributed by atoms with van der Waals surface area (Å²) in [5.74, 6) is -0.673. The van der Waals surface area contributed by atoms with Crippen LogP contribution in [0.4, 0.5) is 10.6 Å². The molecule has 7 heteroatoms. The Labute approximate surface area is 122 Å². The van der Waals surface area contributed by atoms with Crippen molar-refractivity contribution in [2.75, 3.05) is 18.4 Å². The van der Waals surface area contributed by atoms with E-state index in [1.54, 1.807) is 19.1 Å². The van der Waals surface area contributed by atoms with Gasteiger partial charge in [0.15, 0.2) is 5.78 Å². The molecule has 112 valence electrons. The van der Waals surface area contributed by atoms with Crippen LogP contribution in [-0.4, -0.2) is 45.9 Å².